The first kappa shape index (κ1) is 34.6. The molecule has 0 spiro atoms. The van der Waals surface area contributed by atoms with Gasteiger partial charge < -0.3 is 5.53 Å². The standard InChI is InChI=1S/C41H58N2/c1-4-6-8-9-10-11-12-13-14-15-16-17-18-19-20-21-22-23-27-39-34-40(37-31-29-36(30-32-37)26-7-5-2)43(42)41(39)38-28-24-25-35(3)33-38/h24-25,28-34H,4-22,26H2,1-3H3. The molecule has 1 aliphatic heterocycles. The molecule has 0 atom stereocenters. The highest BCUT2D eigenvalue weighted by Crippen LogP contribution is 2.35. The molecule has 0 unspecified atom stereocenters. The van der Waals surface area contributed by atoms with E-state index in [0.717, 1.165) is 47.4 Å². The molecule has 1 aliphatic rings. The van der Waals surface area contributed by atoms with E-state index in [1.807, 2.05) is 6.07 Å². The molecular formula is C41H58N2. The topological polar surface area (TPSA) is 25.3 Å². The normalized spacial score (nSPS) is 12.9. The van der Waals surface area contributed by atoms with E-state index in [4.69, 9.17) is 0 Å². The minimum Gasteiger partial charge on any atom is -0.493 e. The second-order valence-electron chi connectivity index (χ2n) is 12.6. The molecule has 0 saturated heterocycles. The summed E-state index contributed by atoms with van der Waals surface area (Å²) in [5.41, 5.74) is 18.3. The van der Waals surface area contributed by atoms with Gasteiger partial charge in [-0.15, -0.1) is 0 Å². The van der Waals surface area contributed by atoms with E-state index in [0.29, 0.717) is 0 Å². The van der Waals surface area contributed by atoms with Gasteiger partial charge in [-0.05, 0) is 56.0 Å². The summed E-state index contributed by atoms with van der Waals surface area (Å²) in [7, 11) is 0. The predicted molar refractivity (Wildman–Crippen MR) is 187 cm³/mol. The van der Waals surface area contributed by atoms with Gasteiger partial charge in [0.05, 0.1) is 0 Å². The monoisotopic (exact) mass is 578 g/mol. The molecular weight excluding hydrogens is 520 g/mol. The van der Waals surface area contributed by atoms with Crippen LogP contribution in [-0.2, 0) is 6.42 Å². The number of hydrogen-bond acceptors (Lipinski definition) is 0. The number of hydrogen-bond donors (Lipinski definition) is 0. The molecule has 0 aromatic heterocycles. The van der Waals surface area contributed by atoms with Crippen molar-refractivity contribution in [3.8, 4) is 11.8 Å². The summed E-state index contributed by atoms with van der Waals surface area (Å²) in [5.74, 6) is 6.85. The van der Waals surface area contributed by atoms with Gasteiger partial charge >= 0.3 is 0 Å². The van der Waals surface area contributed by atoms with Crippen LogP contribution in [0.4, 0.5) is 0 Å². The van der Waals surface area contributed by atoms with E-state index in [9.17, 15) is 5.53 Å². The van der Waals surface area contributed by atoms with Crippen LogP contribution in [0.2, 0.25) is 0 Å². The van der Waals surface area contributed by atoms with E-state index >= 15 is 0 Å². The van der Waals surface area contributed by atoms with Crippen LogP contribution >= 0.6 is 0 Å². The summed E-state index contributed by atoms with van der Waals surface area (Å²) in [5, 5.41) is 0. The third kappa shape index (κ3) is 12.7. The molecule has 0 aliphatic carbocycles. The van der Waals surface area contributed by atoms with E-state index in [2.05, 4.69) is 81.2 Å². The zero-order valence-electron chi connectivity index (χ0n) is 27.7. The van der Waals surface area contributed by atoms with Gasteiger partial charge in [0.15, 0.2) is 0 Å². The Bertz CT molecular complexity index is 1220. The Labute approximate surface area is 264 Å². The molecule has 3 rings (SSSR count). The lowest BCUT2D eigenvalue weighted by Gasteiger charge is -2.09. The molecule has 43 heavy (non-hydrogen) atoms. The average Bonchev–Trinajstić information content (AvgIpc) is 3.35. The number of unbranched alkanes of at least 4 members (excludes halogenated alkanes) is 17. The first-order valence-corrected chi connectivity index (χ1v) is 17.7. The second kappa shape index (κ2) is 20.9. The maximum absolute atomic E-state index is 11.3. The molecule has 2 heteroatoms. The maximum Gasteiger partial charge on any atom is 0.223 e. The predicted octanol–water partition coefficient (Wildman–Crippen LogP) is 12.8. The molecule has 2 aromatic carbocycles. The molecule has 2 nitrogen and oxygen atoms in total. The fourth-order valence-electron chi connectivity index (χ4n) is 6.01. The van der Waals surface area contributed by atoms with Crippen molar-refractivity contribution < 1.29 is 4.70 Å². The van der Waals surface area contributed by atoms with Crippen molar-refractivity contribution in [3.63, 3.8) is 0 Å². The number of rotatable bonds is 21. The van der Waals surface area contributed by atoms with Gasteiger partial charge in [-0.1, -0.05) is 158 Å². The lowest BCUT2D eigenvalue weighted by molar-refractivity contribution is -0.344. The van der Waals surface area contributed by atoms with Crippen LogP contribution in [0.5, 0.6) is 0 Å². The summed E-state index contributed by atoms with van der Waals surface area (Å²) in [6.45, 7) is 6.61. The average molecular weight is 579 g/mol. The molecule has 232 valence electrons. The summed E-state index contributed by atoms with van der Waals surface area (Å²) in [4.78, 5) is 0. The molecule has 0 saturated carbocycles. The van der Waals surface area contributed by atoms with Crippen molar-refractivity contribution in [2.75, 3.05) is 0 Å². The Morgan fingerprint density at radius 2 is 1.19 bits per heavy atom. The maximum atomic E-state index is 11.3. The minimum atomic E-state index is 0.785. The van der Waals surface area contributed by atoms with Crippen LogP contribution in [-0.4, -0.2) is 4.70 Å². The van der Waals surface area contributed by atoms with Crippen molar-refractivity contribution >= 4 is 11.4 Å². The van der Waals surface area contributed by atoms with Gasteiger partial charge in [-0.2, -0.15) is 0 Å². The van der Waals surface area contributed by atoms with Gasteiger partial charge in [0, 0.05) is 23.6 Å². The zero-order valence-corrected chi connectivity index (χ0v) is 27.7. The first-order valence-electron chi connectivity index (χ1n) is 17.7. The van der Waals surface area contributed by atoms with Crippen molar-refractivity contribution in [1.29, 1.82) is 0 Å². The number of aryl methyl sites for hydroxylation is 2. The van der Waals surface area contributed by atoms with Crippen LogP contribution in [0.15, 0.2) is 60.2 Å². The van der Waals surface area contributed by atoms with Crippen LogP contribution < -0.4 is 0 Å². The van der Waals surface area contributed by atoms with E-state index in [-0.39, 0.29) is 0 Å². The summed E-state index contributed by atoms with van der Waals surface area (Å²) in [6.07, 6.45) is 28.6. The molecule has 1 heterocycles. The Hall–Kier alpha value is -2.92. The SMILES string of the molecule is CCCCCCCCCCCCCCCCCCC#CC1=C(c2cccc(C)c2)[N+](=[N-])C(c2ccc(CCCC)cc2)=C1. The molecule has 0 N–H and O–H groups in total. The Morgan fingerprint density at radius 3 is 1.74 bits per heavy atom. The Kier molecular flexibility index (Phi) is 16.8. The highest BCUT2D eigenvalue weighted by molar-refractivity contribution is 5.81. The molecule has 0 amide bonds. The smallest absolute Gasteiger partial charge is 0.223 e. The minimum absolute atomic E-state index is 0.785. The van der Waals surface area contributed by atoms with Crippen molar-refractivity contribution in [2.24, 2.45) is 0 Å². The van der Waals surface area contributed by atoms with Gasteiger partial charge in [0.2, 0.25) is 11.4 Å². The van der Waals surface area contributed by atoms with Gasteiger partial charge in [0.1, 0.15) is 5.57 Å². The van der Waals surface area contributed by atoms with Crippen molar-refractivity contribution in [1.82, 2.24) is 0 Å². The van der Waals surface area contributed by atoms with E-state index in [1.54, 1.807) is 0 Å². The van der Waals surface area contributed by atoms with E-state index in [1.165, 1.54) is 125 Å². The summed E-state index contributed by atoms with van der Waals surface area (Å²) in [6, 6.07) is 17.0. The second-order valence-corrected chi connectivity index (χ2v) is 12.6. The highest BCUT2D eigenvalue weighted by Gasteiger charge is 2.28. The first-order chi connectivity index (χ1) is 21.1. The van der Waals surface area contributed by atoms with Crippen LogP contribution in [0.3, 0.4) is 0 Å². The van der Waals surface area contributed by atoms with Crippen LogP contribution in [0.25, 0.3) is 16.9 Å². The molecule has 0 fully saturated rings. The summed E-state index contributed by atoms with van der Waals surface area (Å²) >= 11 is 0. The largest absolute Gasteiger partial charge is 0.493 e. The number of nitrogens with zero attached hydrogens (tertiary/aromatic N) is 2. The van der Waals surface area contributed by atoms with Crippen LogP contribution in [0, 0.1) is 18.8 Å². The molecule has 0 radical (unpaired) electrons. The van der Waals surface area contributed by atoms with Crippen molar-refractivity contribution in [2.45, 2.75) is 149 Å². The lowest BCUT2D eigenvalue weighted by Crippen LogP contribution is -2.02. The third-order valence-corrected chi connectivity index (χ3v) is 8.71. The highest BCUT2D eigenvalue weighted by atomic mass is 15.2. The lowest BCUT2D eigenvalue weighted by atomic mass is 10.0. The number of benzene rings is 2. The molecule has 0 bridgehead atoms. The fourth-order valence-corrected chi connectivity index (χ4v) is 6.01. The quantitative estimate of drug-likeness (QED) is 0.0799. The van der Waals surface area contributed by atoms with Crippen molar-refractivity contribution in [3.05, 3.63) is 88.0 Å². The zero-order chi connectivity index (χ0) is 30.5. The van der Waals surface area contributed by atoms with Gasteiger partial charge in [-0.25, -0.2) is 4.70 Å². The third-order valence-electron chi connectivity index (χ3n) is 8.71. The van der Waals surface area contributed by atoms with Crippen LogP contribution in [0.1, 0.15) is 158 Å². The summed E-state index contributed by atoms with van der Waals surface area (Å²) < 4.78 is 1.34. The molecule has 2 aromatic rings. The Balaban J connectivity index is 1.41. The Morgan fingerprint density at radius 1 is 0.628 bits per heavy atom. The fraction of sp³-hybridized carbons (Fsp3) is 0.561. The van der Waals surface area contributed by atoms with E-state index < -0.39 is 0 Å². The van der Waals surface area contributed by atoms with Gasteiger partial charge in [0.25, 0.3) is 0 Å². The van der Waals surface area contributed by atoms with Gasteiger partial charge in [-0.3, -0.25) is 0 Å². The number of allylic oxidation sites excluding steroid dienone is 2.